The summed E-state index contributed by atoms with van der Waals surface area (Å²) in [6.07, 6.45) is 1.94. The Labute approximate surface area is 107 Å². The average Bonchev–Trinajstić information content (AvgIpc) is 2.16. The van der Waals surface area contributed by atoms with Crippen molar-refractivity contribution in [3.8, 4) is 0 Å². The minimum absolute atomic E-state index is 0.542. The van der Waals surface area contributed by atoms with Gasteiger partial charge in [0.25, 0.3) is 0 Å². The molecule has 0 N–H and O–H groups in total. The number of aromatic nitrogens is 2. The first kappa shape index (κ1) is 13.8. The molecular weight excluding hydrogens is 240 g/mol. The van der Waals surface area contributed by atoms with Crippen LogP contribution in [0.4, 0.5) is 0 Å². The first-order chi connectivity index (χ1) is 7.52. The molecule has 1 heterocycles. The normalized spacial score (nSPS) is 13.1. The van der Waals surface area contributed by atoms with Crippen molar-refractivity contribution in [3.05, 3.63) is 17.0 Å². The van der Waals surface area contributed by atoms with Gasteiger partial charge in [0.15, 0.2) is 0 Å². The molecule has 1 atom stereocenters. The molecule has 0 aliphatic carbocycles. The molecule has 1 rings (SSSR count). The van der Waals surface area contributed by atoms with Crippen molar-refractivity contribution in [3.63, 3.8) is 0 Å². The Kier molecular flexibility index (Phi) is 5.56. The van der Waals surface area contributed by atoms with Crippen LogP contribution in [0.5, 0.6) is 0 Å². The maximum Gasteiger partial charge on any atom is 0.133 e. The molecule has 90 valence electrons. The van der Waals surface area contributed by atoms with Crippen LogP contribution in [0.25, 0.3) is 0 Å². The van der Waals surface area contributed by atoms with Crippen LogP contribution < -0.4 is 0 Å². The van der Waals surface area contributed by atoms with E-state index in [9.17, 15) is 0 Å². The Balaban J connectivity index is 2.79. The maximum absolute atomic E-state index is 5.98. The van der Waals surface area contributed by atoms with E-state index in [0.29, 0.717) is 16.3 Å². The Hall–Kier alpha value is -0.280. The summed E-state index contributed by atoms with van der Waals surface area (Å²) in [6, 6.07) is 1.85. The number of halogens is 1. The third-order valence-electron chi connectivity index (χ3n) is 2.44. The molecule has 1 aromatic rings. The van der Waals surface area contributed by atoms with Crippen molar-refractivity contribution >= 4 is 23.4 Å². The number of hydrogen-bond donors (Lipinski definition) is 0. The second kappa shape index (κ2) is 6.45. The van der Waals surface area contributed by atoms with Gasteiger partial charge < -0.3 is 0 Å². The smallest absolute Gasteiger partial charge is 0.133 e. The van der Waals surface area contributed by atoms with E-state index in [-0.39, 0.29) is 0 Å². The quantitative estimate of drug-likeness (QED) is 0.584. The van der Waals surface area contributed by atoms with Crippen LogP contribution in [0.2, 0.25) is 5.15 Å². The lowest BCUT2D eigenvalue weighted by Gasteiger charge is -2.14. The lowest BCUT2D eigenvalue weighted by atomic mass is 10.2. The van der Waals surface area contributed by atoms with Crippen molar-refractivity contribution in [1.82, 2.24) is 9.97 Å². The van der Waals surface area contributed by atoms with Crippen molar-refractivity contribution in [1.29, 1.82) is 0 Å². The van der Waals surface area contributed by atoms with Crippen LogP contribution in [0, 0.1) is 5.92 Å². The number of aryl methyl sites for hydroxylation is 1. The van der Waals surface area contributed by atoms with Crippen LogP contribution in [0.3, 0.4) is 0 Å². The summed E-state index contributed by atoms with van der Waals surface area (Å²) >= 11 is 7.75. The van der Waals surface area contributed by atoms with Gasteiger partial charge in [0.1, 0.15) is 16.0 Å². The van der Waals surface area contributed by atoms with Gasteiger partial charge in [-0.2, -0.15) is 0 Å². The summed E-state index contributed by atoms with van der Waals surface area (Å²) in [4.78, 5) is 8.73. The average molecular weight is 259 g/mol. The molecule has 0 aromatic carbocycles. The highest BCUT2D eigenvalue weighted by molar-refractivity contribution is 7.99. The molecule has 0 fully saturated rings. The summed E-state index contributed by atoms with van der Waals surface area (Å²) in [6.45, 7) is 8.76. The minimum Gasteiger partial charge on any atom is -0.226 e. The monoisotopic (exact) mass is 258 g/mol. The summed E-state index contributed by atoms with van der Waals surface area (Å²) in [5.74, 6) is 1.49. The molecule has 0 saturated heterocycles. The van der Waals surface area contributed by atoms with Gasteiger partial charge in [0.2, 0.25) is 0 Å². The van der Waals surface area contributed by atoms with Crippen LogP contribution in [-0.2, 0) is 6.42 Å². The predicted octanol–water partition coefficient (Wildman–Crippen LogP) is 4.22. The largest absolute Gasteiger partial charge is 0.226 e. The van der Waals surface area contributed by atoms with E-state index in [2.05, 4.69) is 37.7 Å². The van der Waals surface area contributed by atoms with Gasteiger partial charge in [-0.1, -0.05) is 39.3 Å². The van der Waals surface area contributed by atoms with Crippen LogP contribution >= 0.6 is 23.4 Å². The molecule has 4 heteroatoms. The van der Waals surface area contributed by atoms with E-state index in [0.717, 1.165) is 23.7 Å². The van der Waals surface area contributed by atoms with Crippen LogP contribution in [0.15, 0.2) is 11.1 Å². The van der Waals surface area contributed by atoms with Crippen molar-refractivity contribution in [2.75, 3.05) is 0 Å². The van der Waals surface area contributed by atoms with Gasteiger partial charge in [-0.15, -0.1) is 11.8 Å². The predicted molar refractivity (Wildman–Crippen MR) is 71.2 cm³/mol. The Morgan fingerprint density at radius 2 is 2.00 bits per heavy atom. The summed E-state index contributed by atoms with van der Waals surface area (Å²) in [5, 5.41) is 2.09. The molecule has 0 spiro atoms. The van der Waals surface area contributed by atoms with E-state index in [1.807, 2.05) is 6.07 Å². The highest BCUT2D eigenvalue weighted by Gasteiger charge is 2.11. The molecular formula is C12H19ClN2S. The topological polar surface area (TPSA) is 25.8 Å². The summed E-state index contributed by atoms with van der Waals surface area (Å²) in [7, 11) is 0. The Morgan fingerprint density at radius 1 is 1.31 bits per heavy atom. The van der Waals surface area contributed by atoms with E-state index in [1.165, 1.54) is 0 Å². The second-order valence-electron chi connectivity index (χ2n) is 4.26. The number of thioether (sulfide) groups is 1. The summed E-state index contributed by atoms with van der Waals surface area (Å²) in [5.41, 5.74) is 0. The van der Waals surface area contributed by atoms with Crippen molar-refractivity contribution < 1.29 is 0 Å². The van der Waals surface area contributed by atoms with Gasteiger partial charge in [-0.3, -0.25) is 0 Å². The van der Waals surface area contributed by atoms with Crippen LogP contribution in [0.1, 0.15) is 39.9 Å². The van der Waals surface area contributed by atoms with Crippen molar-refractivity contribution in [2.24, 2.45) is 5.92 Å². The van der Waals surface area contributed by atoms with Gasteiger partial charge in [0, 0.05) is 17.7 Å². The number of rotatable bonds is 5. The fourth-order valence-corrected chi connectivity index (χ4v) is 2.42. The highest BCUT2D eigenvalue weighted by Crippen LogP contribution is 2.27. The molecule has 1 unspecified atom stereocenters. The molecule has 0 amide bonds. The Bertz CT molecular complexity index is 342. The maximum atomic E-state index is 5.98. The molecule has 0 bridgehead atoms. The first-order valence-electron chi connectivity index (χ1n) is 5.73. The summed E-state index contributed by atoms with van der Waals surface area (Å²) < 4.78 is 0. The zero-order chi connectivity index (χ0) is 12.1. The second-order valence-corrected chi connectivity index (χ2v) is 6.05. The number of nitrogens with zero attached hydrogens (tertiary/aromatic N) is 2. The third-order valence-corrected chi connectivity index (χ3v) is 4.00. The molecule has 0 radical (unpaired) electrons. The molecule has 2 nitrogen and oxygen atoms in total. The highest BCUT2D eigenvalue weighted by atomic mass is 35.5. The van der Waals surface area contributed by atoms with E-state index in [4.69, 9.17) is 11.6 Å². The van der Waals surface area contributed by atoms with Gasteiger partial charge >= 0.3 is 0 Å². The molecule has 1 aromatic heterocycles. The van der Waals surface area contributed by atoms with Gasteiger partial charge in [0.05, 0.1) is 0 Å². The molecule has 16 heavy (non-hydrogen) atoms. The SMILES string of the molecule is CCCc1nc(Cl)cc(SC(C)C(C)C)n1. The fraction of sp³-hybridized carbons (Fsp3) is 0.667. The molecule has 0 aliphatic heterocycles. The van der Waals surface area contributed by atoms with Gasteiger partial charge in [-0.25, -0.2) is 9.97 Å². The van der Waals surface area contributed by atoms with E-state index in [1.54, 1.807) is 11.8 Å². The standard InChI is InChI=1S/C12H19ClN2S/c1-5-6-11-14-10(13)7-12(15-11)16-9(4)8(2)3/h7-9H,5-6H2,1-4H3. The van der Waals surface area contributed by atoms with E-state index >= 15 is 0 Å². The Morgan fingerprint density at radius 3 is 2.56 bits per heavy atom. The first-order valence-corrected chi connectivity index (χ1v) is 6.98. The zero-order valence-electron chi connectivity index (χ0n) is 10.3. The molecule has 0 saturated carbocycles. The lowest BCUT2D eigenvalue weighted by molar-refractivity contribution is 0.641. The van der Waals surface area contributed by atoms with Gasteiger partial charge in [-0.05, 0) is 12.3 Å². The molecule has 0 aliphatic rings. The minimum atomic E-state index is 0.542. The third kappa shape index (κ3) is 4.30. The lowest BCUT2D eigenvalue weighted by Crippen LogP contribution is -2.06. The number of hydrogen-bond acceptors (Lipinski definition) is 3. The van der Waals surface area contributed by atoms with E-state index < -0.39 is 0 Å². The zero-order valence-corrected chi connectivity index (χ0v) is 11.9. The fourth-order valence-electron chi connectivity index (χ4n) is 1.16. The van der Waals surface area contributed by atoms with Crippen LogP contribution in [-0.4, -0.2) is 15.2 Å². The van der Waals surface area contributed by atoms with Crippen molar-refractivity contribution in [2.45, 2.75) is 50.8 Å².